The third-order valence-corrected chi connectivity index (χ3v) is 8.61. The maximum absolute atomic E-state index is 14.1. The smallest absolute Gasteiger partial charge is 0.246 e. The Labute approximate surface area is 283 Å². The van der Waals surface area contributed by atoms with Crippen LogP contribution in [-0.4, -0.2) is 97.2 Å². The van der Waals surface area contributed by atoms with E-state index in [9.17, 15) is 24.0 Å². The highest BCUT2D eigenvalue weighted by molar-refractivity contribution is 5.96. The van der Waals surface area contributed by atoms with E-state index in [1.165, 1.54) is 9.80 Å². The minimum absolute atomic E-state index is 0.00838. The maximum atomic E-state index is 14.1. The fourth-order valence-corrected chi connectivity index (χ4v) is 5.91. The van der Waals surface area contributed by atoms with E-state index in [4.69, 9.17) is 0 Å². The van der Waals surface area contributed by atoms with Crippen LogP contribution in [0.15, 0.2) is 30.3 Å². The van der Waals surface area contributed by atoms with Gasteiger partial charge in [-0.25, -0.2) is 0 Å². The third kappa shape index (κ3) is 11.9. The van der Waals surface area contributed by atoms with Crippen molar-refractivity contribution in [2.24, 2.45) is 29.6 Å². The molecule has 0 saturated carbocycles. The van der Waals surface area contributed by atoms with Gasteiger partial charge in [-0.1, -0.05) is 99.6 Å². The first-order chi connectivity index (χ1) is 21.9. The van der Waals surface area contributed by atoms with Crippen molar-refractivity contribution in [1.29, 1.82) is 0 Å². The average Bonchev–Trinajstić information content (AvgIpc) is 2.98. The van der Waals surface area contributed by atoms with Crippen molar-refractivity contribution in [3.05, 3.63) is 35.9 Å². The molecule has 5 unspecified atom stereocenters. The third-order valence-electron chi connectivity index (χ3n) is 8.61. The topological polar surface area (TPSA) is 140 Å². The molecule has 0 radical (unpaired) electrons. The van der Waals surface area contributed by atoms with Gasteiger partial charge in [-0.2, -0.15) is 0 Å². The number of hydrogen-bond acceptors (Lipinski definition) is 6. The fourth-order valence-electron chi connectivity index (χ4n) is 5.91. The van der Waals surface area contributed by atoms with Crippen LogP contribution in [0.4, 0.5) is 0 Å². The van der Waals surface area contributed by atoms with E-state index in [0.717, 1.165) is 5.56 Å². The van der Waals surface area contributed by atoms with E-state index in [1.54, 1.807) is 21.1 Å². The first-order valence-corrected chi connectivity index (χ1v) is 17.0. The van der Waals surface area contributed by atoms with Crippen LogP contribution in [0.3, 0.4) is 0 Å². The van der Waals surface area contributed by atoms with Gasteiger partial charge in [0.2, 0.25) is 29.5 Å². The Morgan fingerprint density at radius 1 is 0.574 bits per heavy atom. The van der Waals surface area contributed by atoms with Crippen LogP contribution in [0.5, 0.6) is 0 Å². The number of carbonyl (C=O) groups is 5. The zero-order valence-electron chi connectivity index (χ0n) is 31.0. The number of nitrogens with one attached hydrogen (secondary N) is 4. The van der Waals surface area contributed by atoms with Gasteiger partial charge in [-0.3, -0.25) is 24.0 Å². The lowest BCUT2D eigenvalue weighted by atomic mass is 9.94. The molecule has 0 heterocycles. The first-order valence-electron chi connectivity index (χ1n) is 17.0. The molecule has 0 aliphatic carbocycles. The summed E-state index contributed by atoms with van der Waals surface area (Å²) in [5.41, 5.74) is 1.10. The maximum Gasteiger partial charge on any atom is 0.246 e. The minimum Gasteiger partial charge on any atom is -0.354 e. The molecular formula is C36H62N6O5. The lowest BCUT2D eigenvalue weighted by Crippen LogP contribution is -2.62. The molecule has 5 atom stereocenters. The summed E-state index contributed by atoms with van der Waals surface area (Å²) < 4.78 is 0. The number of likely N-dealkylation sites (N-methyl/N-ethyl adjacent to an activating group) is 3. The Balaban J connectivity index is 3.17. The van der Waals surface area contributed by atoms with Gasteiger partial charge in [0, 0.05) is 20.6 Å². The second-order valence-electron chi connectivity index (χ2n) is 14.3. The molecule has 0 aliphatic rings. The molecule has 0 saturated heterocycles. The molecule has 5 amide bonds. The molecule has 0 aliphatic heterocycles. The SMILES string of the molecule is CNC(C(=O)NC(C(=O)N(C)C(C(=O)N(C)C(C(=O)NC(C(=O)NCCc1ccccc1)C(C)C)C(C)C)C(C)C)C(C)C)C(C)C. The monoisotopic (exact) mass is 658 g/mol. The summed E-state index contributed by atoms with van der Waals surface area (Å²) in [5, 5.41) is 11.7. The Bertz CT molecular complexity index is 1170. The van der Waals surface area contributed by atoms with Gasteiger partial charge in [0.1, 0.15) is 24.2 Å². The second-order valence-corrected chi connectivity index (χ2v) is 14.3. The van der Waals surface area contributed by atoms with Crippen molar-refractivity contribution in [1.82, 2.24) is 31.1 Å². The van der Waals surface area contributed by atoms with E-state index >= 15 is 0 Å². The Kier molecular flexibility index (Phi) is 17.1. The summed E-state index contributed by atoms with van der Waals surface area (Å²) >= 11 is 0. The number of benzene rings is 1. The van der Waals surface area contributed by atoms with Gasteiger partial charge in [-0.15, -0.1) is 0 Å². The molecular weight excluding hydrogens is 596 g/mol. The Morgan fingerprint density at radius 2 is 1.04 bits per heavy atom. The zero-order valence-corrected chi connectivity index (χ0v) is 31.0. The van der Waals surface area contributed by atoms with Crippen molar-refractivity contribution in [2.75, 3.05) is 27.7 Å². The molecule has 1 aromatic rings. The van der Waals surface area contributed by atoms with Crippen LogP contribution in [0.1, 0.15) is 74.8 Å². The number of carbonyl (C=O) groups excluding carboxylic acids is 5. The van der Waals surface area contributed by atoms with Crippen LogP contribution >= 0.6 is 0 Å². The number of amides is 5. The van der Waals surface area contributed by atoms with E-state index < -0.39 is 42.0 Å². The quantitative estimate of drug-likeness (QED) is 0.191. The van der Waals surface area contributed by atoms with Crippen molar-refractivity contribution >= 4 is 29.5 Å². The molecule has 0 spiro atoms. The Morgan fingerprint density at radius 3 is 1.49 bits per heavy atom. The van der Waals surface area contributed by atoms with E-state index in [1.807, 2.05) is 99.6 Å². The molecule has 0 aromatic heterocycles. The predicted octanol–water partition coefficient (Wildman–Crippen LogP) is 2.84. The Hall–Kier alpha value is -3.47. The molecule has 0 fully saturated rings. The van der Waals surface area contributed by atoms with Crippen LogP contribution in [0.25, 0.3) is 0 Å². The lowest BCUT2D eigenvalue weighted by Gasteiger charge is -2.39. The van der Waals surface area contributed by atoms with E-state index in [0.29, 0.717) is 13.0 Å². The molecule has 0 bridgehead atoms. The van der Waals surface area contributed by atoms with E-state index in [-0.39, 0.29) is 47.3 Å². The standard InChI is InChI=1S/C36H62N6O5/c1-21(2)27(37-11)33(44)40-29(23(5)6)35(46)42(13)31(25(9)10)36(47)41(12)30(24(7)8)34(45)39-28(22(3)4)32(43)38-20-19-26-17-15-14-16-18-26/h14-18,21-25,27-31,37H,19-20H2,1-13H3,(H,38,43)(H,39,45)(H,40,44). The van der Waals surface area contributed by atoms with Crippen molar-refractivity contribution in [3.63, 3.8) is 0 Å². The fraction of sp³-hybridized carbons (Fsp3) is 0.694. The number of nitrogens with zero attached hydrogens (tertiary/aromatic N) is 2. The van der Waals surface area contributed by atoms with Gasteiger partial charge >= 0.3 is 0 Å². The van der Waals surface area contributed by atoms with Gasteiger partial charge in [0.05, 0.1) is 6.04 Å². The molecule has 1 aromatic carbocycles. The molecule has 11 nitrogen and oxygen atoms in total. The molecule has 4 N–H and O–H groups in total. The molecule has 1 rings (SSSR count). The van der Waals surface area contributed by atoms with Gasteiger partial charge < -0.3 is 31.1 Å². The summed E-state index contributed by atoms with van der Waals surface area (Å²) in [5.74, 6) is -2.80. The van der Waals surface area contributed by atoms with Crippen LogP contribution < -0.4 is 21.3 Å². The van der Waals surface area contributed by atoms with Crippen molar-refractivity contribution < 1.29 is 24.0 Å². The summed E-state index contributed by atoms with van der Waals surface area (Å²) in [6.45, 7) is 19.1. The van der Waals surface area contributed by atoms with Crippen LogP contribution in [-0.2, 0) is 30.4 Å². The first kappa shape index (κ1) is 41.6. The second kappa shape index (κ2) is 19.4. The van der Waals surface area contributed by atoms with Crippen LogP contribution in [0.2, 0.25) is 0 Å². The van der Waals surface area contributed by atoms with Gasteiger partial charge in [0.25, 0.3) is 0 Å². The largest absolute Gasteiger partial charge is 0.354 e. The summed E-state index contributed by atoms with van der Waals surface area (Å²) in [6.07, 6.45) is 0.662. The minimum atomic E-state index is -0.896. The highest BCUT2D eigenvalue weighted by atomic mass is 16.2. The van der Waals surface area contributed by atoms with Crippen molar-refractivity contribution in [2.45, 2.75) is 106 Å². The average molecular weight is 659 g/mol. The van der Waals surface area contributed by atoms with Gasteiger partial charge in [0.15, 0.2) is 0 Å². The highest BCUT2D eigenvalue weighted by Gasteiger charge is 2.41. The zero-order chi connectivity index (χ0) is 36.2. The summed E-state index contributed by atoms with van der Waals surface area (Å²) in [6, 6.07) is 5.91. The lowest BCUT2D eigenvalue weighted by molar-refractivity contribution is -0.152. The van der Waals surface area contributed by atoms with E-state index in [2.05, 4.69) is 21.3 Å². The normalized spacial score (nSPS) is 14.9. The molecule has 11 heteroatoms. The van der Waals surface area contributed by atoms with Gasteiger partial charge in [-0.05, 0) is 48.6 Å². The highest BCUT2D eigenvalue weighted by Crippen LogP contribution is 2.20. The van der Waals surface area contributed by atoms with Crippen LogP contribution in [0, 0.1) is 29.6 Å². The number of rotatable bonds is 18. The summed E-state index contributed by atoms with van der Waals surface area (Å²) in [4.78, 5) is 70.8. The summed E-state index contributed by atoms with van der Waals surface area (Å²) in [7, 11) is 4.83. The number of hydrogen-bond donors (Lipinski definition) is 4. The van der Waals surface area contributed by atoms with Crippen molar-refractivity contribution in [3.8, 4) is 0 Å². The molecule has 47 heavy (non-hydrogen) atoms. The molecule has 266 valence electrons. The predicted molar refractivity (Wildman–Crippen MR) is 187 cm³/mol.